The minimum atomic E-state index is -3.71. The van der Waals surface area contributed by atoms with Gasteiger partial charge in [-0.3, -0.25) is 9.10 Å². The number of hydrogen-bond acceptors (Lipinski definition) is 3. The Morgan fingerprint density at radius 2 is 1.90 bits per heavy atom. The monoisotopic (exact) mass is 313 g/mol. The third kappa shape index (κ3) is 3.00. The number of carbonyl (C=O) groups is 1. The normalized spacial score (nSPS) is 17.2. The van der Waals surface area contributed by atoms with E-state index < -0.39 is 16.1 Å². The first-order valence-electron chi connectivity index (χ1n) is 5.63. The second kappa shape index (κ2) is 5.26. The number of amides is 1. The third-order valence-corrected chi connectivity index (χ3v) is 4.25. The molecule has 0 aliphatic carbocycles. The SMILES string of the molecule is CC1=NS(=O)(=O)N(C)C=C1C(=O)Nc1ccc(Cl)cc1. The predicted octanol–water partition coefficient (Wildman–Crippen LogP) is 1.81. The Hall–Kier alpha value is -1.86. The van der Waals surface area contributed by atoms with E-state index in [4.69, 9.17) is 11.6 Å². The van der Waals surface area contributed by atoms with Gasteiger partial charge < -0.3 is 5.32 Å². The van der Waals surface area contributed by atoms with E-state index in [-0.39, 0.29) is 11.3 Å². The van der Waals surface area contributed by atoms with Crippen LogP contribution in [-0.4, -0.2) is 31.4 Å². The van der Waals surface area contributed by atoms with Crippen LogP contribution in [0.25, 0.3) is 0 Å². The van der Waals surface area contributed by atoms with Crippen molar-refractivity contribution in [3.8, 4) is 0 Å². The smallest absolute Gasteiger partial charge is 0.322 e. The first kappa shape index (κ1) is 14.5. The van der Waals surface area contributed by atoms with Crippen LogP contribution in [0.2, 0.25) is 5.02 Å². The van der Waals surface area contributed by atoms with E-state index in [2.05, 4.69) is 9.71 Å². The van der Waals surface area contributed by atoms with Crippen LogP contribution < -0.4 is 5.32 Å². The summed E-state index contributed by atoms with van der Waals surface area (Å²) in [5.74, 6) is -0.435. The Morgan fingerprint density at radius 3 is 2.50 bits per heavy atom. The maximum Gasteiger partial charge on any atom is 0.344 e. The molecule has 20 heavy (non-hydrogen) atoms. The number of nitrogens with one attached hydrogen (secondary N) is 1. The summed E-state index contributed by atoms with van der Waals surface area (Å²) in [4.78, 5) is 12.1. The molecule has 0 spiro atoms. The van der Waals surface area contributed by atoms with E-state index in [0.29, 0.717) is 10.7 Å². The first-order chi connectivity index (χ1) is 9.29. The summed E-state index contributed by atoms with van der Waals surface area (Å²) in [7, 11) is -2.39. The summed E-state index contributed by atoms with van der Waals surface area (Å²) in [6, 6.07) is 6.58. The van der Waals surface area contributed by atoms with Crippen LogP contribution in [0.15, 0.2) is 40.4 Å². The highest BCUT2D eigenvalue weighted by Crippen LogP contribution is 2.18. The van der Waals surface area contributed by atoms with Crippen LogP contribution in [0, 0.1) is 0 Å². The van der Waals surface area contributed by atoms with E-state index >= 15 is 0 Å². The van der Waals surface area contributed by atoms with Crippen molar-refractivity contribution in [2.45, 2.75) is 6.92 Å². The predicted molar refractivity (Wildman–Crippen MR) is 78.0 cm³/mol. The fraction of sp³-hybridized carbons (Fsp3) is 0.167. The molecule has 1 aromatic carbocycles. The molecule has 2 rings (SSSR count). The van der Waals surface area contributed by atoms with Gasteiger partial charge in [0.05, 0.1) is 11.3 Å². The molecule has 8 heteroatoms. The summed E-state index contributed by atoms with van der Waals surface area (Å²) in [6.45, 7) is 1.47. The van der Waals surface area contributed by atoms with Crippen molar-refractivity contribution in [2.75, 3.05) is 12.4 Å². The average molecular weight is 314 g/mol. The lowest BCUT2D eigenvalue weighted by Gasteiger charge is -2.19. The van der Waals surface area contributed by atoms with Gasteiger partial charge in [0, 0.05) is 24.0 Å². The van der Waals surface area contributed by atoms with Crippen molar-refractivity contribution < 1.29 is 13.2 Å². The van der Waals surface area contributed by atoms with Gasteiger partial charge in [-0.1, -0.05) is 11.6 Å². The Labute approximate surface area is 121 Å². The van der Waals surface area contributed by atoms with Crippen molar-refractivity contribution in [3.63, 3.8) is 0 Å². The van der Waals surface area contributed by atoms with Crippen LogP contribution in [0.1, 0.15) is 6.92 Å². The van der Waals surface area contributed by atoms with E-state index in [1.54, 1.807) is 24.3 Å². The Morgan fingerprint density at radius 1 is 1.30 bits per heavy atom. The molecule has 0 aromatic heterocycles. The van der Waals surface area contributed by atoms with E-state index in [1.165, 1.54) is 20.2 Å². The average Bonchev–Trinajstić information content (AvgIpc) is 2.36. The van der Waals surface area contributed by atoms with Gasteiger partial charge in [0.2, 0.25) is 0 Å². The maximum atomic E-state index is 12.1. The van der Waals surface area contributed by atoms with Crippen LogP contribution in [0.3, 0.4) is 0 Å². The second-order valence-electron chi connectivity index (χ2n) is 4.17. The number of hydrogen-bond donors (Lipinski definition) is 1. The fourth-order valence-electron chi connectivity index (χ4n) is 1.58. The summed E-state index contributed by atoms with van der Waals surface area (Å²) >= 11 is 5.75. The molecular weight excluding hydrogens is 302 g/mol. The van der Waals surface area contributed by atoms with Crippen LogP contribution in [0.5, 0.6) is 0 Å². The number of carbonyl (C=O) groups excluding carboxylic acids is 1. The van der Waals surface area contributed by atoms with Crippen molar-refractivity contribution in [1.29, 1.82) is 0 Å². The van der Waals surface area contributed by atoms with Crippen molar-refractivity contribution >= 4 is 39.1 Å². The van der Waals surface area contributed by atoms with Gasteiger partial charge in [0.1, 0.15) is 0 Å². The Kier molecular flexibility index (Phi) is 3.82. The van der Waals surface area contributed by atoms with Crippen LogP contribution >= 0.6 is 11.6 Å². The number of benzene rings is 1. The van der Waals surface area contributed by atoms with Gasteiger partial charge in [-0.15, -0.1) is 4.40 Å². The molecule has 106 valence electrons. The lowest BCUT2D eigenvalue weighted by Crippen LogP contribution is -2.30. The summed E-state index contributed by atoms with van der Waals surface area (Å²) in [5.41, 5.74) is 0.899. The largest absolute Gasteiger partial charge is 0.344 e. The van der Waals surface area contributed by atoms with Gasteiger partial charge in [-0.25, -0.2) is 0 Å². The third-order valence-electron chi connectivity index (χ3n) is 2.66. The lowest BCUT2D eigenvalue weighted by atomic mass is 10.1. The lowest BCUT2D eigenvalue weighted by molar-refractivity contribution is -0.112. The highest BCUT2D eigenvalue weighted by Gasteiger charge is 2.25. The van der Waals surface area contributed by atoms with E-state index in [1.807, 2.05) is 0 Å². The number of anilines is 1. The van der Waals surface area contributed by atoms with E-state index in [9.17, 15) is 13.2 Å². The Balaban J connectivity index is 2.22. The van der Waals surface area contributed by atoms with Crippen LogP contribution in [0.4, 0.5) is 5.69 Å². The van der Waals surface area contributed by atoms with Crippen LogP contribution in [-0.2, 0) is 15.0 Å². The second-order valence-corrected chi connectivity index (χ2v) is 6.27. The molecule has 0 radical (unpaired) electrons. The highest BCUT2D eigenvalue weighted by atomic mass is 35.5. The fourth-order valence-corrected chi connectivity index (χ4v) is 2.52. The maximum absolute atomic E-state index is 12.1. The van der Waals surface area contributed by atoms with Crippen molar-refractivity contribution in [1.82, 2.24) is 4.31 Å². The molecule has 1 aliphatic rings. The molecule has 0 bridgehead atoms. The standard InChI is InChI=1S/C12H12ClN3O3S/c1-8-11(7-16(2)20(18,19)15-8)12(17)14-10-5-3-9(13)4-6-10/h3-7H,1-2H3,(H,14,17). The van der Waals surface area contributed by atoms with Gasteiger partial charge in [0.15, 0.2) is 0 Å². The van der Waals surface area contributed by atoms with Gasteiger partial charge in [-0.05, 0) is 31.2 Å². The summed E-state index contributed by atoms with van der Waals surface area (Å²) in [6.07, 6.45) is 1.24. The van der Waals surface area contributed by atoms with Gasteiger partial charge in [0.25, 0.3) is 5.91 Å². The molecule has 1 heterocycles. The molecule has 0 saturated carbocycles. The molecule has 0 saturated heterocycles. The highest BCUT2D eigenvalue weighted by molar-refractivity contribution is 7.88. The number of nitrogens with zero attached hydrogens (tertiary/aromatic N) is 2. The first-order valence-corrected chi connectivity index (χ1v) is 7.41. The molecule has 0 fully saturated rings. The van der Waals surface area contributed by atoms with Gasteiger partial charge in [-0.2, -0.15) is 8.42 Å². The van der Waals surface area contributed by atoms with E-state index in [0.717, 1.165) is 4.31 Å². The molecular formula is C12H12ClN3O3S. The summed E-state index contributed by atoms with van der Waals surface area (Å²) in [5, 5.41) is 3.21. The molecule has 1 N–H and O–H groups in total. The van der Waals surface area contributed by atoms with Crippen molar-refractivity contribution in [3.05, 3.63) is 41.1 Å². The molecule has 6 nitrogen and oxygen atoms in total. The Bertz CT molecular complexity index is 708. The molecule has 0 unspecified atom stereocenters. The number of rotatable bonds is 2. The summed E-state index contributed by atoms with van der Waals surface area (Å²) < 4.78 is 27.4. The zero-order chi connectivity index (χ0) is 14.9. The molecule has 1 aromatic rings. The van der Waals surface area contributed by atoms with Crippen molar-refractivity contribution in [2.24, 2.45) is 4.40 Å². The zero-order valence-electron chi connectivity index (χ0n) is 10.8. The molecule has 1 amide bonds. The zero-order valence-corrected chi connectivity index (χ0v) is 12.4. The molecule has 1 aliphatic heterocycles. The quantitative estimate of drug-likeness (QED) is 0.904. The topological polar surface area (TPSA) is 78.8 Å². The minimum absolute atomic E-state index is 0.148. The van der Waals surface area contributed by atoms with Gasteiger partial charge >= 0.3 is 10.2 Å². The molecule has 0 atom stereocenters. The number of halogens is 1. The minimum Gasteiger partial charge on any atom is -0.322 e.